The van der Waals surface area contributed by atoms with Crippen molar-refractivity contribution in [1.82, 2.24) is 0 Å². The maximum atomic E-state index is 13.9. The van der Waals surface area contributed by atoms with Crippen LogP contribution in [0.15, 0.2) is 17.1 Å². The van der Waals surface area contributed by atoms with Crippen molar-refractivity contribution >= 4 is 6.08 Å². The van der Waals surface area contributed by atoms with E-state index in [1.807, 2.05) is 0 Å². The molecule has 114 valence electrons. The molecule has 0 aliphatic heterocycles. The summed E-state index contributed by atoms with van der Waals surface area (Å²) in [6, 6.07) is 3.22. The van der Waals surface area contributed by atoms with Crippen LogP contribution in [0.2, 0.25) is 0 Å². The molecule has 3 nitrogen and oxygen atoms in total. The average Bonchev–Trinajstić information content (AvgIpc) is 2.87. The number of hydrogen-bond acceptors (Lipinski definition) is 3. The van der Waals surface area contributed by atoms with Gasteiger partial charge >= 0.3 is 0 Å². The van der Waals surface area contributed by atoms with E-state index in [0.29, 0.717) is 24.0 Å². The van der Waals surface area contributed by atoms with Crippen LogP contribution >= 0.6 is 0 Å². The summed E-state index contributed by atoms with van der Waals surface area (Å²) in [6.45, 7) is 2.60. The Kier molecular flexibility index (Phi) is 4.15. The summed E-state index contributed by atoms with van der Waals surface area (Å²) in [6.07, 6.45) is 4.71. The first-order valence-electron chi connectivity index (χ1n) is 7.00. The van der Waals surface area contributed by atoms with Gasteiger partial charge in [0.05, 0.1) is 12.7 Å². The topological polar surface area (TPSA) is 38.7 Å². The van der Waals surface area contributed by atoms with E-state index in [2.05, 4.69) is 4.99 Å². The fourth-order valence-corrected chi connectivity index (χ4v) is 3.15. The first-order chi connectivity index (χ1) is 9.84. The quantitative estimate of drug-likeness (QED) is 0.616. The number of methoxy groups -OCH3 is 1. The zero-order valence-corrected chi connectivity index (χ0v) is 12.5. The van der Waals surface area contributed by atoms with Crippen LogP contribution in [0.1, 0.15) is 49.3 Å². The zero-order chi connectivity index (χ0) is 15.7. The minimum Gasteiger partial charge on any atom is -0.496 e. The van der Waals surface area contributed by atoms with Crippen LogP contribution in [0.25, 0.3) is 0 Å². The first-order valence-corrected chi connectivity index (χ1v) is 7.00. The highest BCUT2D eigenvalue weighted by molar-refractivity contribution is 5.52. The molecule has 0 N–H and O–H groups in total. The van der Waals surface area contributed by atoms with E-state index in [-0.39, 0.29) is 11.3 Å². The summed E-state index contributed by atoms with van der Waals surface area (Å²) < 4.78 is 33.0. The lowest BCUT2D eigenvalue weighted by Gasteiger charge is -2.28. The van der Waals surface area contributed by atoms with Crippen LogP contribution in [-0.4, -0.2) is 13.2 Å². The summed E-state index contributed by atoms with van der Waals surface area (Å²) >= 11 is 0. The molecule has 0 aromatic heterocycles. The average molecular weight is 295 g/mol. The Hall–Kier alpha value is -1.74. The normalized spacial score (nSPS) is 17.4. The number of aryl methyl sites for hydroxylation is 1. The van der Waals surface area contributed by atoms with Gasteiger partial charge in [0, 0.05) is 12.5 Å². The van der Waals surface area contributed by atoms with E-state index in [0.717, 1.165) is 19.8 Å². The van der Waals surface area contributed by atoms with Gasteiger partial charge < -0.3 is 4.74 Å². The number of nitrogens with zero attached hydrogens (tertiary/aromatic N) is 1. The maximum absolute atomic E-state index is 13.9. The van der Waals surface area contributed by atoms with E-state index in [1.165, 1.54) is 13.2 Å². The Balaban J connectivity index is 2.73. The SMILES string of the molecule is COc1c(C(C)(F)F)cc(C)cc1C1(N=C=O)CCCC1. The van der Waals surface area contributed by atoms with E-state index in [1.54, 1.807) is 19.1 Å². The minimum absolute atomic E-state index is 0.133. The molecule has 0 unspecified atom stereocenters. The van der Waals surface area contributed by atoms with E-state index in [9.17, 15) is 13.6 Å². The van der Waals surface area contributed by atoms with Gasteiger partial charge in [-0.1, -0.05) is 18.4 Å². The van der Waals surface area contributed by atoms with Crippen molar-refractivity contribution in [2.45, 2.75) is 51.0 Å². The summed E-state index contributed by atoms with van der Waals surface area (Å²) in [5, 5.41) is 0. The summed E-state index contributed by atoms with van der Waals surface area (Å²) in [5.41, 5.74) is 0.337. The number of isocyanates is 1. The van der Waals surface area contributed by atoms with Crippen LogP contribution < -0.4 is 4.74 Å². The van der Waals surface area contributed by atoms with Crippen molar-refractivity contribution in [3.8, 4) is 5.75 Å². The molecular weight excluding hydrogens is 276 g/mol. The van der Waals surface area contributed by atoms with Crippen molar-refractivity contribution in [3.63, 3.8) is 0 Å². The number of benzene rings is 1. The Morgan fingerprint density at radius 3 is 2.43 bits per heavy atom. The van der Waals surface area contributed by atoms with Crippen LogP contribution in [-0.2, 0) is 16.3 Å². The molecule has 1 saturated carbocycles. The fraction of sp³-hybridized carbons (Fsp3) is 0.562. The van der Waals surface area contributed by atoms with E-state index in [4.69, 9.17) is 4.74 Å². The van der Waals surface area contributed by atoms with E-state index >= 15 is 0 Å². The van der Waals surface area contributed by atoms with Crippen LogP contribution in [0.5, 0.6) is 5.75 Å². The predicted octanol–water partition coefficient (Wildman–Crippen LogP) is 4.22. The lowest BCUT2D eigenvalue weighted by atomic mass is 9.85. The van der Waals surface area contributed by atoms with Gasteiger partial charge in [0.2, 0.25) is 6.08 Å². The smallest absolute Gasteiger partial charge is 0.274 e. The molecule has 0 amide bonds. The highest BCUT2D eigenvalue weighted by atomic mass is 19.3. The molecule has 0 radical (unpaired) electrons. The van der Waals surface area contributed by atoms with Crippen molar-refractivity contribution in [1.29, 1.82) is 0 Å². The van der Waals surface area contributed by atoms with Gasteiger partial charge in [0.1, 0.15) is 11.3 Å². The second kappa shape index (κ2) is 5.57. The molecule has 1 aromatic rings. The molecule has 0 heterocycles. The Morgan fingerprint density at radius 1 is 1.33 bits per heavy atom. The van der Waals surface area contributed by atoms with Gasteiger partial charge in [-0.2, -0.15) is 4.99 Å². The molecule has 0 bridgehead atoms. The molecule has 0 spiro atoms. The largest absolute Gasteiger partial charge is 0.496 e. The van der Waals surface area contributed by atoms with Gasteiger partial charge in [-0.25, -0.2) is 13.6 Å². The molecule has 1 aliphatic carbocycles. The van der Waals surface area contributed by atoms with E-state index < -0.39 is 11.5 Å². The predicted molar refractivity (Wildman–Crippen MR) is 75.6 cm³/mol. The van der Waals surface area contributed by atoms with Crippen molar-refractivity contribution in [2.75, 3.05) is 7.11 Å². The van der Waals surface area contributed by atoms with Crippen LogP contribution in [0, 0.1) is 6.92 Å². The fourth-order valence-electron chi connectivity index (χ4n) is 3.15. The number of alkyl halides is 2. The molecule has 0 saturated heterocycles. The Bertz CT molecular complexity index is 581. The monoisotopic (exact) mass is 295 g/mol. The van der Waals surface area contributed by atoms with Crippen molar-refractivity contribution in [3.05, 3.63) is 28.8 Å². The molecule has 0 atom stereocenters. The van der Waals surface area contributed by atoms with Crippen molar-refractivity contribution in [2.24, 2.45) is 4.99 Å². The molecule has 1 fully saturated rings. The lowest BCUT2D eigenvalue weighted by Crippen LogP contribution is -2.22. The lowest BCUT2D eigenvalue weighted by molar-refractivity contribution is 0.0147. The van der Waals surface area contributed by atoms with Gasteiger partial charge in [0.25, 0.3) is 5.92 Å². The molecule has 5 heteroatoms. The van der Waals surface area contributed by atoms with Gasteiger partial charge in [-0.3, -0.25) is 0 Å². The Labute approximate surface area is 123 Å². The number of ether oxygens (including phenoxy) is 1. The number of halogens is 2. The third-order valence-electron chi connectivity index (χ3n) is 4.10. The molecule has 1 aliphatic rings. The number of aliphatic imine (C=N–C) groups is 1. The second-order valence-electron chi connectivity index (χ2n) is 5.72. The zero-order valence-electron chi connectivity index (χ0n) is 12.5. The van der Waals surface area contributed by atoms with Gasteiger partial charge in [-0.05, 0) is 31.9 Å². The van der Waals surface area contributed by atoms with Gasteiger partial charge in [0.15, 0.2) is 0 Å². The molecule has 21 heavy (non-hydrogen) atoms. The molecule has 1 aromatic carbocycles. The number of rotatable bonds is 4. The highest BCUT2D eigenvalue weighted by Crippen LogP contribution is 2.49. The molecular formula is C16H19F2NO2. The Morgan fingerprint density at radius 2 is 1.95 bits per heavy atom. The maximum Gasteiger partial charge on any atom is 0.274 e. The first kappa shape index (κ1) is 15.6. The molecule has 2 rings (SSSR count). The second-order valence-corrected chi connectivity index (χ2v) is 5.72. The number of carbonyl (C=O) groups excluding carboxylic acids is 1. The summed E-state index contributed by atoms with van der Waals surface area (Å²) in [7, 11) is 1.37. The summed E-state index contributed by atoms with van der Waals surface area (Å²) in [5.74, 6) is -2.88. The standard InChI is InChI=1S/C16H19F2NO2/c1-11-8-12(15(2,17)18)14(21-3)13(9-11)16(19-10-20)6-4-5-7-16/h8-9H,4-7H2,1-3H3. The van der Waals surface area contributed by atoms with Crippen molar-refractivity contribution < 1.29 is 18.3 Å². The van der Waals surface area contributed by atoms with Gasteiger partial charge in [-0.15, -0.1) is 0 Å². The summed E-state index contributed by atoms with van der Waals surface area (Å²) in [4.78, 5) is 14.8. The minimum atomic E-state index is -3.02. The van der Waals surface area contributed by atoms with Crippen LogP contribution in [0.4, 0.5) is 8.78 Å². The third kappa shape index (κ3) is 2.84. The highest BCUT2D eigenvalue weighted by Gasteiger charge is 2.41. The third-order valence-corrected chi connectivity index (χ3v) is 4.10. The number of hydrogen-bond donors (Lipinski definition) is 0. The van der Waals surface area contributed by atoms with Crippen LogP contribution in [0.3, 0.4) is 0 Å².